The van der Waals surface area contributed by atoms with Gasteiger partial charge in [-0.3, -0.25) is 13.9 Å². The van der Waals surface area contributed by atoms with Gasteiger partial charge in [-0.05, 0) is 83.7 Å². The number of nitrogens with zero attached hydrogens (tertiary/aromatic N) is 2. The summed E-state index contributed by atoms with van der Waals surface area (Å²) in [6, 6.07) is 17.7. The second-order valence-electron chi connectivity index (χ2n) is 9.73. The van der Waals surface area contributed by atoms with Crippen LogP contribution in [0.3, 0.4) is 0 Å². The number of carbonyl (C=O) groups excluding carboxylic acids is 2. The number of anilines is 1. The highest BCUT2D eigenvalue weighted by molar-refractivity contribution is 9.10. The van der Waals surface area contributed by atoms with Gasteiger partial charge in [-0.1, -0.05) is 43.7 Å². The lowest BCUT2D eigenvalue weighted by molar-refractivity contribution is -0.140. The second kappa shape index (κ2) is 15.1. The zero-order valence-corrected chi connectivity index (χ0v) is 27.0. The summed E-state index contributed by atoms with van der Waals surface area (Å²) >= 11 is 3.36. The van der Waals surface area contributed by atoms with Gasteiger partial charge in [-0.25, -0.2) is 8.42 Å². The Morgan fingerprint density at radius 1 is 0.952 bits per heavy atom. The molecule has 0 heterocycles. The molecule has 0 aliphatic carbocycles. The topological polar surface area (TPSA) is 105 Å². The summed E-state index contributed by atoms with van der Waals surface area (Å²) in [4.78, 5) is 28.8. The Hall–Kier alpha value is -3.57. The van der Waals surface area contributed by atoms with Crippen LogP contribution in [0.5, 0.6) is 11.5 Å². The molecule has 1 atom stereocenters. The molecular formula is C31H38BrN3O6S. The van der Waals surface area contributed by atoms with E-state index in [9.17, 15) is 18.0 Å². The maximum Gasteiger partial charge on any atom is 0.264 e. The third kappa shape index (κ3) is 8.04. The minimum atomic E-state index is -4.21. The maximum absolute atomic E-state index is 14.1. The summed E-state index contributed by atoms with van der Waals surface area (Å²) in [7, 11) is -1.15. The molecule has 226 valence electrons. The van der Waals surface area contributed by atoms with Gasteiger partial charge in [-0.15, -0.1) is 0 Å². The van der Waals surface area contributed by atoms with E-state index in [-0.39, 0.29) is 17.3 Å². The molecule has 0 bridgehead atoms. The Morgan fingerprint density at radius 3 is 2.17 bits per heavy atom. The Balaban J connectivity index is 2.06. The van der Waals surface area contributed by atoms with Crippen molar-refractivity contribution in [2.75, 3.05) is 31.6 Å². The number of hydrogen-bond donors (Lipinski definition) is 1. The minimum absolute atomic E-state index is 0.0158. The number of methoxy groups -OCH3 is 2. The predicted octanol–water partition coefficient (Wildman–Crippen LogP) is 5.30. The first-order chi connectivity index (χ1) is 20.0. The highest BCUT2D eigenvalue weighted by atomic mass is 79.9. The van der Waals surface area contributed by atoms with Crippen LogP contribution < -0.4 is 19.1 Å². The van der Waals surface area contributed by atoms with Crippen molar-refractivity contribution in [2.24, 2.45) is 0 Å². The van der Waals surface area contributed by atoms with Crippen molar-refractivity contribution >= 4 is 43.5 Å². The van der Waals surface area contributed by atoms with Crippen molar-refractivity contribution in [3.63, 3.8) is 0 Å². The molecule has 0 saturated heterocycles. The monoisotopic (exact) mass is 659 g/mol. The van der Waals surface area contributed by atoms with Crippen molar-refractivity contribution < 1.29 is 27.5 Å². The van der Waals surface area contributed by atoms with Crippen molar-refractivity contribution in [2.45, 2.75) is 51.1 Å². The average Bonchev–Trinajstić information content (AvgIpc) is 2.99. The minimum Gasteiger partial charge on any atom is -0.497 e. The van der Waals surface area contributed by atoms with Crippen LogP contribution in [0.4, 0.5) is 5.69 Å². The summed E-state index contributed by atoms with van der Waals surface area (Å²) in [6.07, 6.45) is 1.09. The Labute approximate surface area is 257 Å². The van der Waals surface area contributed by atoms with E-state index in [0.29, 0.717) is 34.6 Å². The quantitative estimate of drug-likeness (QED) is 0.252. The molecule has 0 radical (unpaired) electrons. The first-order valence-corrected chi connectivity index (χ1v) is 15.9. The van der Waals surface area contributed by atoms with E-state index < -0.39 is 28.5 Å². The lowest BCUT2D eigenvalue weighted by Crippen LogP contribution is -2.52. The average molecular weight is 661 g/mol. The number of hydrogen-bond acceptors (Lipinski definition) is 6. The van der Waals surface area contributed by atoms with Crippen LogP contribution >= 0.6 is 15.9 Å². The number of nitrogens with one attached hydrogen (secondary N) is 1. The first kappa shape index (κ1) is 32.9. The second-order valence-corrected chi connectivity index (χ2v) is 12.4. The fourth-order valence-electron chi connectivity index (χ4n) is 4.39. The third-order valence-corrected chi connectivity index (χ3v) is 9.15. The Bertz CT molecular complexity index is 1460. The highest BCUT2D eigenvalue weighted by Crippen LogP contribution is 2.31. The number of sulfonamides is 1. The molecular weight excluding hydrogens is 622 g/mol. The smallest absolute Gasteiger partial charge is 0.264 e. The molecule has 11 heteroatoms. The lowest BCUT2D eigenvalue weighted by atomic mass is 10.1. The number of aryl methyl sites for hydroxylation is 1. The summed E-state index contributed by atoms with van der Waals surface area (Å²) in [5.74, 6) is 0.333. The van der Waals surface area contributed by atoms with Gasteiger partial charge >= 0.3 is 0 Å². The van der Waals surface area contributed by atoms with E-state index >= 15 is 0 Å². The van der Waals surface area contributed by atoms with E-state index in [1.807, 2.05) is 32.9 Å². The van der Waals surface area contributed by atoms with Gasteiger partial charge in [0.25, 0.3) is 10.0 Å². The van der Waals surface area contributed by atoms with Crippen LogP contribution in [-0.2, 0) is 26.2 Å². The van der Waals surface area contributed by atoms with Crippen molar-refractivity contribution in [1.82, 2.24) is 10.2 Å². The molecule has 3 aromatic carbocycles. The normalized spacial score (nSPS) is 11.9. The number of ether oxygens (including phenoxy) is 2. The number of rotatable bonds is 14. The zero-order valence-electron chi connectivity index (χ0n) is 24.6. The standard InChI is InChI=1S/C31H38BrN3O6S/c1-6-18-33-31(37)28(7-2)34(20-23-10-14-25(40-4)15-11-23)30(36)21-35(24-12-8-22(3)9-13-24)42(38,39)26-16-17-29(41-5)27(32)19-26/h8-17,19,28H,6-7,18,20-21H2,1-5H3,(H,33,37). The molecule has 1 unspecified atom stereocenters. The predicted molar refractivity (Wildman–Crippen MR) is 167 cm³/mol. The van der Waals surface area contributed by atoms with Crippen molar-refractivity contribution in [3.05, 3.63) is 82.3 Å². The summed E-state index contributed by atoms with van der Waals surface area (Å²) in [5, 5.41) is 2.89. The Kier molecular flexibility index (Phi) is 11.8. The van der Waals surface area contributed by atoms with Crippen LogP contribution in [0.2, 0.25) is 0 Å². The van der Waals surface area contributed by atoms with Gasteiger partial charge in [0.2, 0.25) is 11.8 Å². The molecule has 2 amide bonds. The molecule has 0 aromatic heterocycles. The van der Waals surface area contributed by atoms with Crippen LogP contribution in [0.1, 0.15) is 37.8 Å². The molecule has 0 aliphatic rings. The summed E-state index contributed by atoms with van der Waals surface area (Å²) in [5.41, 5.74) is 2.04. The maximum atomic E-state index is 14.1. The molecule has 3 rings (SSSR count). The van der Waals surface area contributed by atoms with Gasteiger partial charge in [0.15, 0.2) is 0 Å². The number of carbonyl (C=O) groups is 2. The molecule has 3 aromatic rings. The molecule has 9 nitrogen and oxygen atoms in total. The highest BCUT2D eigenvalue weighted by Gasteiger charge is 2.34. The van der Waals surface area contributed by atoms with E-state index in [1.165, 1.54) is 24.1 Å². The molecule has 0 aliphatic heterocycles. The number of halogens is 1. The fourth-order valence-corrected chi connectivity index (χ4v) is 6.52. The van der Waals surface area contributed by atoms with Gasteiger partial charge < -0.3 is 19.7 Å². The van der Waals surface area contributed by atoms with E-state index in [0.717, 1.165) is 21.9 Å². The van der Waals surface area contributed by atoms with Crippen LogP contribution in [0.15, 0.2) is 76.1 Å². The van der Waals surface area contributed by atoms with Crippen LogP contribution in [0, 0.1) is 6.92 Å². The summed E-state index contributed by atoms with van der Waals surface area (Å²) in [6.45, 7) is 5.73. The first-order valence-electron chi connectivity index (χ1n) is 13.7. The Morgan fingerprint density at radius 2 is 1.62 bits per heavy atom. The van der Waals surface area contributed by atoms with Crippen molar-refractivity contribution in [1.29, 1.82) is 0 Å². The zero-order chi connectivity index (χ0) is 30.9. The van der Waals surface area contributed by atoms with Crippen LogP contribution in [0.25, 0.3) is 0 Å². The van der Waals surface area contributed by atoms with E-state index in [2.05, 4.69) is 21.2 Å². The molecule has 0 fully saturated rings. The van der Waals surface area contributed by atoms with Gasteiger partial charge in [0.05, 0.1) is 29.3 Å². The number of amides is 2. The molecule has 42 heavy (non-hydrogen) atoms. The number of benzene rings is 3. The molecule has 1 N–H and O–H groups in total. The molecule has 0 spiro atoms. The fraction of sp³-hybridized carbons (Fsp3) is 0.355. The largest absolute Gasteiger partial charge is 0.497 e. The van der Waals surface area contributed by atoms with Crippen LogP contribution in [-0.4, -0.2) is 58.5 Å². The van der Waals surface area contributed by atoms with E-state index in [4.69, 9.17) is 9.47 Å². The lowest BCUT2D eigenvalue weighted by Gasteiger charge is -2.33. The summed E-state index contributed by atoms with van der Waals surface area (Å²) < 4.78 is 40.2. The van der Waals surface area contributed by atoms with E-state index in [1.54, 1.807) is 49.6 Å². The third-order valence-electron chi connectivity index (χ3n) is 6.76. The van der Waals surface area contributed by atoms with Gasteiger partial charge in [0, 0.05) is 13.1 Å². The SMILES string of the molecule is CCCNC(=O)C(CC)N(Cc1ccc(OC)cc1)C(=O)CN(c1ccc(C)cc1)S(=O)(=O)c1ccc(OC)c(Br)c1. The van der Waals surface area contributed by atoms with Gasteiger partial charge in [-0.2, -0.15) is 0 Å². The van der Waals surface area contributed by atoms with Gasteiger partial charge in [0.1, 0.15) is 24.1 Å². The van der Waals surface area contributed by atoms with Crippen molar-refractivity contribution in [3.8, 4) is 11.5 Å². The molecule has 0 saturated carbocycles.